The lowest BCUT2D eigenvalue weighted by Crippen LogP contribution is -2.08. The molecule has 2 aromatic heterocycles. The largest absolute Gasteiger partial charge is 0.368 e. The van der Waals surface area contributed by atoms with Crippen molar-refractivity contribution in [3.63, 3.8) is 0 Å². The third-order valence-corrected chi connectivity index (χ3v) is 3.14. The third-order valence-electron chi connectivity index (χ3n) is 3.14. The predicted octanol–water partition coefficient (Wildman–Crippen LogP) is 3.29. The van der Waals surface area contributed by atoms with Crippen LogP contribution >= 0.6 is 0 Å². The Bertz CT molecular complexity index is 578. The molecule has 0 amide bonds. The maximum Gasteiger partial charge on any atom is 0.152 e. The van der Waals surface area contributed by atoms with Gasteiger partial charge in [-0.3, -0.25) is 4.98 Å². The second-order valence-corrected chi connectivity index (χ2v) is 4.71. The summed E-state index contributed by atoms with van der Waals surface area (Å²) in [4.78, 5) is 13.5. The molecule has 0 aliphatic heterocycles. The highest BCUT2D eigenvalue weighted by Gasteiger charge is 2.12. The van der Waals surface area contributed by atoms with E-state index in [1.54, 1.807) is 6.20 Å². The minimum atomic E-state index is 0.848. The summed E-state index contributed by atoms with van der Waals surface area (Å²) in [5.74, 6) is 0.848. The number of aromatic nitrogens is 3. The summed E-state index contributed by atoms with van der Waals surface area (Å²) in [6.45, 7) is 9.07. The number of hydrogen-bond donors (Lipinski definition) is 1. The second kappa shape index (κ2) is 5.78. The number of nitrogens with one attached hydrogen (secondary N) is 1. The van der Waals surface area contributed by atoms with Gasteiger partial charge in [0.25, 0.3) is 0 Å². The quantitative estimate of drug-likeness (QED) is 0.912. The van der Waals surface area contributed by atoms with Crippen LogP contribution in [0.2, 0.25) is 0 Å². The van der Waals surface area contributed by atoms with Crippen LogP contribution in [0, 0.1) is 20.8 Å². The highest BCUT2D eigenvalue weighted by atomic mass is 15.0. The zero-order valence-electron chi connectivity index (χ0n) is 12.0. The van der Waals surface area contributed by atoms with Gasteiger partial charge in [-0.1, -0.05) is 6.92 Å². The minimum absolute atomic E-state index is 0.848. The number of hydrogen-bond acceptors (Lipinski definition) is 4. The Morgan fingerprint density at radius 2 is 1.84 bits per heavy atom. The molecule has 0 fully saturated rings. The zero-order valence-corrected chi connectivity index (χ0v) is 12.0. The van der Waals surface area contributed by atoms with E-state index >= 15 is 0 Å². The van der Waals surface area contributed by atoms with Crippen LogP contribution in [0.3, 0.4) is 0 Å². The summed E-state index contributed by atoms with van der Waals surface area (Å²) < 4.78 is 0. The summed E-state index contributed by atoms with van der Waals surface area (Å²) in [6.07, 6.45) is 4.71. The second-order valence-electron chi connectivity index (χ2n) is 4.71. The summed E-state index contributed by atoms with van der Waals surface area (Å²) in [5.41, 5.74) is 5.01. The standard InChI is InChI=1S/C15H20N4/c1-5-7-17-15-14(18-11(3)12(4)19-15)13-9-16-8-6-10(13)2/h6,8-9H,5,7H2,1-4H3,(H,17,19). The van der Waals surface area contributed by atoms with Crippen LogP contribution in [-0.2, 0) is 0 Å². The van der Waals surface area contributed by atoms with Crippen molar-refractivity contribution in [2.24, 2.45) is 0 Å². The van der Waals surface area contributed by atoms with Crippen molar-refractivity contribution < 1.29 is 0 Å². The fraction of sp³-hybridized carbons (Fsp3) is 0.400. The van der Waals surface area contributed by atoms with Gasteiger partial charge in [0.2, 0.25) is 0 Å². The molecule has 1 N–H and O–H groups in total. The lowest BCUT2D eigenvalue weighted by molar-refractivity contribution is 0.953. The molecule has 0 saturated heterocycles. The van der Waals surface area contributed by atoms with Crippen LogP contribution in [0.15, 0.2) is 18.5 Å². The number of anilines is 1. The van der Waals surface area contributed by atoms with Crippen LogP contribution in [0.5, 0.6) is 0 Å². The van der Waals surface area contributed by atoms with Crippen molar-refractivity contribution >= 4 is 5.82 Å². The molecule has 0 bridgehead atoms. The summed E-state index contributed by atoms with van der Waals surface area (Å²) >= 11 is 0. The van der Waals surface area contributed by atoms with Crippen molar-refractivity contribution in [2.75, 3.05) is 11.9 Å². The Labute approximate surface area is 114 Å². The summed E-state index contributed by atoms with van der Waals surface area (Å²) in [5, 5.41) is 3.36. The SMILES string of the molecule is CCCNc1nc(C)c(C)nc1-c1cnccc1C. The van der Waals surface area contributed by atoms with E-state index in [0.717, 1.165) is 47.0 Å². The maximum absolute atomic E-state index is 4.69. The van der Waals surface area contributed by atoms with E-state index in [-0.39, 0.29) is 0 Å². The van der Waals surface area contributed by atoms with Gasteiger partial charge in [-0.2, -0.15) is 0 Å². The lowest BCUT2D eigenvalue weighted by atomic mass is 10.1. The molecule has 2 heterocycles. The number of aryl methyl sites for hydroxylation is 3. The molecule has 100 valence electrons. The average Bonchev–Trinajstić information content (AvgIpc) is 2.40. The fourth-order valence-corrected chi connectivity index (χ4v) is 1.87. The van der Waals surface area contributed by atoms with E-state index in [1.807, 2.05) is 26.1 Å². The Morgan fingerprint density at radius 3 is 2.53 bits per heavy atom. The van der Waals surface area contributed by atoms with E-state index in [4.69, 9.17) is 4.98 Å². The first-order valence-corrected chi connectivity index (χ1v) is 6.63. The molecule has 0 atom stereocenters. The highest BCUT2D eigenvalue weighted by Crippen LogP contribution is 2.27. The normalized spacial score (nSPS) is 10.5. The molecule has 0 aliphatic rings. The van der Waals surface area contributed by atoms with Gasteiger partial charge >= 0.3 is 0 Å². The van der Waals surface area contributed by atoms with Crippen molar-refractivity contribution in [1.29, 1.82) is 0 Å². The van der Waals surface area contributed by atoms with Crippen LogP contribution < -0.4 is 5.32 Å². The molecule has 0 unspecified atom stereocenters. The molecule has 2 aromatic rings. The highest BCUT2D eigenvalue weighted by molar-refractivity contribution is 5.73. The van der Waals surface area contributed by atoms with Gasteiger partial charge in [0, 0.05) is 24.5 Å². The molecule has 0 radical (unpaired) electrons. The van der Waals surface area contributed by atoms with E-state index < -0.39 is 0 Å². The van der Waals surface area contributed by atoms with Crippen molar-refractivity contribution in [2.45, 2.75) is 34.1 Å². The first-order chi connectivity index (χ1) is 9.13. The third kappa shape index (κ3) is 2.89. The average molecular weight is 256 g/mol. The van der Waals surface area contributed by atoms with Gasteiger partial charge < -0.3 is 5.32 Å². The van der Waals surface area contributed by atoms with E-state index in [9.17, 15) is 0 Å². The summed E-state index contributed by atoms with van der Waals surface area (Å²) in [6, 6.07) is 2.00. The molecule has 19 heavy (non-hydrogen) atoms. The number of pyridine rings is 1. The molecule has 0 spiro atoms. The monoisotopic (exact) mass is 256 g/mol. The maximum atomic E-state index is 4.69. The molecule has 0 aromatic carbocycles. The molecule has 2 rings (SSSR count). The Balaban J connectivity index is 2.54. The lowest BCUT2D eigenvalue weighted by Gasteiger charge is -2.13. The van der Waals surface area contributed by atoms with E-state index in [2.05, 4.69) is 29.1 Å². The Hall–Kier alpha value is -1.97. The molecule has 0 saturated carbocycles. The van der Waals surface area contributed by atoms with Crippen LogP contribution in [0.25, 0.3) is 11.3 Å². The first kappa shape index (κ1) is 13.5. The molecule has 0 aliphatic carbocycles. The zero-order chi connectivity index (χ0) is 13.8. The van der Waals surface area contributed by atoms with E-state index in [1.165, 1.54) is 0 Å². The van der Waals surface area contributed by atoms with Gasteiger partial charge in [0.1, 0.15) is 5.69 Å². The van der Waals surface area contributed by atoms with Gasteiger partial charge in [0.05, 0.1) is 11.4 Å². The molecule has 4 heteroatoms. The Morgan fingerprint density at radius 1 is 1.11 bits per heavy atom. The smallest absolute Gasteiger partial charge is 0.152 e. The van der Waals surface area contributed by atoms with Gasteiger partial charge in [-0.05, 0) is 38.8 Å². The van der Waals surface area contributed by atoms with Gasteiger partial charge in [-0.15, -0.1) is 0 Å². The molecule has 4 nitrogen and oxygen atoms in total. The predicted molar refractivity (Wildman–Crippen MR) is 78.3 cm³/mol. The van der Waals surface area contributed by atoms with Crippen LogP contribution in [0.1, 0.15) is 30.3 Å². The molecular formula is C15H20N4. The molecular weight excluding hydrogens is 236 g/mol. The Kier molecular flexibility index (Phi) is 4.10. The van der Waals surface area contributed by atoms with Crippen LogP contribution in [-0.4, -0.2) is 21.5 Å². The van der Waals surface area contributed by atoms with Crippen molar-refractivity contribution in [3.05, 3.63) is 35.4 Å². The summed E-state index contributed by atoms with van der Waals surface area (Å²) in [7, 11) is 0. The van der Waals surface area contributed by atoms with Gasteiger partial charge in [0.15, 0.2) is 5.82 Å². The van der Waals surface area contributed by atoms with E-state index in [0.29, 0.717) is 0 Å². The number of rotatable bonds is 4. The fourth-order valence-electron chi connectivity index (χ4n) is 1.87. The van der Waals surface area contributed by atoms with Crippen LogP contribution in [0.4, 0.5) is 5.82 Å². The first-order valence-electron chi connectivity index (χ1n) is 6.63. The van der Waals surface area contributed by atoms with Gasteiger partial charge in [-0.25, -0.2) is 9.97 Å². The topological polar surface area (TPSA) is 50.7 Å². The number of nitrogens with zero attached hydrogens (tertiary/aromatic N) is 3. The van der Waals surface area contributed by atoms with Crippen molar-refractivity contribution in [3.8, 4) is 11.3 Å². The van der Waals surface area contributed by atoms with Crippen molar-refractivity contribution in [1.82, 2.24) is 15.0 Å². The minimum Gasteiger partial charge on any atom is -0.368 e.